The Labute approximate surface area is 347 Å². The van der Waals surface area contributed by atoms with Gasteiger partial charge in [0, 0.05) is 49.8 Å². The van der Waals surface area contributed by atoms with E-state index in [0.717, 1.165) is 66.9 Å². The largest absolute Gasteiger partial charge is 0.309 e. The van der Waals surface area contributed by atoms with Gasteiger partial charge in [-0.05, 0) is 46.5 Å². The van der Waals surface area contributed by atoms with Gasteiger partial charge in [0.1, 0.15) is 0 Å². The molecule has 3 heterocycles. The molecule has 0 amide bonds. The third-order valence-electron chi connectivity index (χ3n) is 11.8. The van der Waals surface area contributed by atoms with E-state index in [4.69, 9.17) is 15.0 Å². The first-order valence-electron chi connectivity index (χ1n) is 20.3. The Kier molecular flexibility index (Phi) is 7.78. The minimum absolute atomic E-state index is 0.560. The predicted octanol–water partition coefficient (Wildman–Crippen LogP) is 13.7. The van der Waals surface area contributed by atoms with Crippen molar-refractivity contribution in [3.63, 3.8) is 0 Å². The first-order valence-corrected chi connectivity index (χ1v) is 20.3. The van der Waals surface area contributed by atoms with Crippen molar-refractivity contribution in [2.24, 2.45) is 0 Å². The number of benzene rings is 8. The van der Waals surface area contributed by atoms with Crippen LogP contribution in [0.4, 0.5) is 0 Å². The molecule has 12 rings (SSSR count). The van der Waals surface area contributed by atoms with Gasteiger partial charge >= 0.3 is 0 Å². The lowest BCUT2D eigenvalue weighted by molar-refractivity contribution is 0.938. The molecule has 5 heteroatoms. The highest BCUT2D eigenvalue weighted by Crippen LogP contribution is 2.54. The van der Waals surface area contributed by atoms with E-state index in [2.05, 4.69) is 185 Å². The Morgan fingerprint density at radius 1 is 0.283 bits per heavy atom. The second-order valence-electron chi connectivity index (χ2n) is 15.2. The molecule has 1 aliphatic rings. The standard InChI is InChI=1S/C55H35N5/c1-4-18-36(19-5-1)37-32-34-40(35-33-37)59-47-30-16-14-28-45(47)49-41-24-10-11-25-42(41)50-46-29-15-17-31-48(46)60(52(50)44-27-13-12-26-43(44)51(49)59)55-57-53(38-20-6-2-7-21-38)56-54(58-55)39-22-8-3-9-23-39/h1-35H. The van der Waals surface area contributed by atoms with E-state index in [0.29, 0.717) is 17.6 Å². The maximum atomic E-state index is 5.33. The zero-order valence-corrected chi connectivity index (χ0v) is 32.4. The number of nitrogens with zero attached hydrogens (tertiary/aromatic N) is 5. The number of fused-ring (bicyclic) bond motifs is 12. The first-order chi connectivity index (χ1) is 29.8. The summed E-state index contributed by atoms with van der Waals surface area (Å²) in [5, 5.41) is 2.33. The van der Waals surface area contributed by atoms with Crippen molar-refractivity contribution in [2.75, 3.05) is 0 Å². The van der Waals surface area contributed by atoms with Crippen molar-refractivity contribution in [1.29, 1.82) is 0 Å². The summed E-state index contributed by atoms with van der Waals surface area (Å²) in [5.41, 5.74) is 16.6. The summed E-state index contributed by atoms with van der Waals surface area (Å²) in [6.45, 7) is 0. The molecule has 60 heavy (non-hydrogen) atoms. The lowest BCUT2D eigenvalue weighted by Gasteiger charge is -2.23. The molecule has 0 aliphatic heterocycles. The summed E-state index contributed by atoms with van der Waals surface area (Å²) >= 11 is 0. The molecule has 5 nitrogen and oxygen atoms in total. The van der Waals surface area contributed by atoms with E-state index in [1.54, 1.807) is 0 Å². The third kappa shape index (κ3) is 5.30. The summed E-state index contributed by atoms with van der Waals surface area (Å²) in [6.07, 6.45) is 0. The van der Waals surface area contributed by atoms with Crippen molar-refractivity contribution in [1.82, 2.24) is 24.1 Å². The van der Waals surface area contributed by atoms with Crippen LogP contribution in [0, 0.1) is 0 Å². The van der Waals surface area contributed by atoms with Crippen LogP contribution >= 0.6 is 0 Å². The minimum Gasteiger partial charge on any atom is -0.309 e. The third-order valence-corrected chi connectivity index (χ3v) is 11.8. The second-order valence-corrected chi connectivity index (χ2v) is 15.2. The molecule has 0 spiro atoms. The maximum Gasteiger partial charge on any atom is 0.238 e. The van der Waals surface area contributed by atoms with Crippen LogP contribution in [0.5, 0.6) is 0 Å². The fourth-order valence-corrected chi connectivity index (χ4v) is 9.16. The van der Waals surface area contributed by atoms with E-state index < -0.39 is 0 Å². The number of aromatic nitrogens is 5. The van der Waals surface area contributed by atoms with Crippen LogP contribution in [-0.2, 0) is 0 Å². The van der Waals surface area contributed by atoms with Gasteiger partial charge in [0.05, 0.1) is 22.4 Å². The van der Waals surface area contributed by atoms with E-state index in [1.807, 2.05) is 36.4 Å². The monoisotopic (exact) mass is 765 g/mol. The van der Waals surface area contributed by atoms with Crippen LogP contribution in [0.3, 0.4) is 0 Å². The molecule has 0 fully saturated rings. The lowest BCUT2D eigenvalue weighted by Crippen LogP contribution is -2.09. The predicted molar refractivity (Wildman–Crippen MR) is 245 cm³/mol. The minimum atomic E-state index is 0.560. The highest BCUT2D eigenvalue weighted by molar-refractivity contribution is 6.17. The summed E-state index contributed by atoms with van der Waals surface area (Å²) in [5.74, 6) is 1.80. The summed E-state index contributed by atoms with van der Waals surface area (Å²) in [4.78, 5) is 15.7. The number of hydrogen-bond acceptors (Lipinski definition) is 3. The number of hydrogen-bond donors (Lipinski definition) is 0. The summed E-state index contributed by atoms with van der Waals surface area (Å²) in [6, 6.07) is 75.2. The Hall–Kier alpha value is -8.15. The fourth-order valence-electron chi connectivity index (χ4n) is 9.16. The van der Waals surface area contributed by atoms with Crippen LogP contribution < -0.4 is 0 Å². The first kappa shape index (κ1) is 33.9. The van der Waals surface area contributed by atoms with Gasteiger partial charge in [-0.25, -0.2) is 4.98 Å². The molecule has 0 bridgehead atoms. The molecule has 8 aromatic carbocycles. The van der Waals surface area contributed by atoms with Crippen molar-refractivity contribution >= 4 is 21.8 Å². The zero-order valence-electron chi connectivity index (χ0n) is 32.4. The SMILES string of the molecule is c1ccc(-c2ccc(-n3c4c(c5ccccc53)-c3ccccc3-c3c(n(-c5nc(-c6ccccc6)nc(-c6ccccc6)n5)c5ccccc35)-c3ccccc3-4)cc2)cc1. The van der Waals surface area contributed by atoms with Gasteiger partial charge in [-0.2, -0.15) is 9.97 Å². The average Bonchev–Trinajstić information content (AvgIpc) is 3.85. The normalized spacial score (nSPS) is 11.7. The number of para-hydroxylation sites is 2. The number of rotatable bonds is 5. The van der Waals surface area contributed by atoms with Crippen molar-refractivity contribution in [3.05, 3.63) is 212 Å². The summed E-state index contributed by atoms with van der Waals surface area (Å²) in [7, 11) is 0. The molecule has 280 valence electrons. The molecule has 0 radical (unpaired) electrons. The molecule has 0 unspecified atom stereocenters. The molecule has 3 aromatic heterocycles. The van der Waals surface area contributed by atoms with E-state index in [1.165, 1.54) is 27.6 Å². The van der Waals surface area contributed by atoms with Gasteiger partial charge in [0.15, 0.2) is 11.6 Å². The molecule has 0 N–H and O–H groups in total. The smallest absolute Gasteiger partial charge is 0.238 e. The van der Waals surface area contributed by atoms with E-state index in [9.17, 15) is 0 Å². The molecule has 0 saturated heterocycles. The van der Waals surface area contributed by atoms with Gasteiger partial charge < -0.3 is 4.57 Å². The molecule has 1 aliphatic carbocycles. The van der Waals surface area contributed by atoms with Gasteiger partial charge in [0.2, 0.25) is 5.95 Å². The molecule has 11 aromatic rings. The Morgan fingerprint density at radius 3 is 1.18 bits per heavy atom. The van der Waals surface area contributed by atoms with Crippen molar-refractivity contribution in [3.8, 4) is 90.3 Å². The highest BCUT2D eigenvalue weighted by atomic mass is 15.2. The van der Waals surface area contributed by atoms with Crippen LogP contribution in [0.25, 0.3) is 112 Å². The van der Waals surface area contributed by atoms with Crippen LogP contribution in [0.2, 0.25) is 0 Å². The molecule has 0 saturated carbocycles. The molecule has 0 atom stereocenters. The molecular weight excluding hydrogens is 731 g/mol. The highest BCUT2D eigenvalue weighted by Gasteiger charge is 2.32. The van der Waals surface area contributed by atoms with Crippen LogP contribution in [-0.4, -0.2) is 24.1 Å². The van der Waals surface area contributed by atoms with Gasteiger partial charge in [-0.15, -0.1) is 0 Å². The van der Waals surface area contributed by atoms with Gasteiger partial charge in [0.25, 0.3) is 0 Å². The van der Waals surface area contributed by atoms with Gasteiger partial charge in [-0.1, -0.05) is 188 Å². The zero-order chi connectivity index (χ0) is 39.6. The average molecular weight is 766 g/mol. The fraction of sp³-hybridized carbons (Fsp3) is 0. The van der Waals surface area contributed by atoms with Crippen LogP contribution in [0.1, 0.15) is 0 Å². The van der Waals surface area contributed by atoms with Crippen molar-refractivity contribution < 1.29 is 0 Å². The Balaban J connectivity index is 1.20. The maximum absolute atomic E-state index is 5.33. The Morgan fingerprint density at radius 2 is 0.667 bits per heavy atom. The van der Waals surface area contributed by atoms with E-state index in [-0.39, 0.29) is 0 Å². The van der Waals surface area contributed by atoms with Crippen molar-refractivity contribution in [2.45, 2.75) is 0 Å². The molecular formula is C55H35N5. The van der Waals surface area contributed by atoms with E-state index >= 15 is 0 Å². The lowest BCUT2D eigenvalue weighted by atomic mass is 9.84. The topological polar surface area (TPSA) is 48.5 Å². The van der Waals surface area contributed by atoms with Crippen LogP contribution in [0.15, 0.2) is 212 Å². The quantitative estimate of drug-likeness (QED) is 0.175. The van der Waals surface area contributed by atoms with Gasteiger partial charge in [-0.3, -0.25) is 4.57 Å². The summed E-state index contributed by atoms with van der Waals surface area (Å²) < 4.78 is 4.73. The second kappa shape index (κ2) is 13.8. The Bertz CT molecular complexity index is 3340.